The van der Waals surface area contributed by atoms with Crippen LogP contribution >= 0.6 is 0 Å². The fourth-order valence-electron chi connectivity index (χ4n) is 9.02. The van der Waals surface area contributed by atoms with E-state index in [1.165, 1.54) is 42.1 Å². The van der Waals surface area contributed by atoms with Gasteiger partial charge in [-0.25, -0.2) is 14.8 Å². The van der Waals surface area contributed by atoms with Crippen molar-refractivity contribution >= 4 is 47.4 Å². The Hall–Kier alpha value is -6.12. The Bertz CT molecular complexity index is 2170. The number of carbonyl (C=O) groups is 8. The molecule has 4 saturated carbocycles. The first kappa shape index (κ1) is 61.4. The first-order chi connectivity index (χ1) is 35.5. The summed E-state index contributed by atoms with van der Waals surface area (Å²) < 4.78 is 10.0. The molecular weight excluding hydrogens is 965 g/mol. The number of hydrogen-bond donors (Lipinski definition) is 5. The van der Waals surface area contributed by atoms with Gasteiger partial charge in [-0.05, 0) is 99.7 Å². The van der Waals surface area contributed by atoms with Crippen LogP contribution in [0.5, 0.6) is 0 Å². The molecule has 0 spiro atoms. The van der Waals surface area contributed by atoms with E-state index in [4.69, 9.17) is 15.2 Å². The Morgan fingerprint density at radius 3 is 1.37 bits per heavy atom. The monoisotopic (exact) mass is 1050 g/mol. The second-order valence-corrected chi connectivity index (χ2v) is 22.3. The standard InChI is InChI=1S/C27H41N5O5.C14H26N2O3.C13H17N3O3/c1-5-37-21(33)17-32(16-18-11-12-18)26(36)23(27(2,3)4)31-25(35)22(19-9-7-6-8-10-19)30-24(34)20-15-28-13-14-29-20;1-5-19-11(17)9-16(8-10-6-7-10)13(18)12(15)14(2,3)4;17-12(10-8-14-6-7-15-10)16-11(13(18)19)9-4-2-1-3-5-9/h13-15,18-19,22-23H,5-12,16-17H2,1-4H3,(H,30,34)(H,31,35);10,12H,5-9,15H2,1-4H3;6-9,11H,1-5H2,(H,16,17)(H,18,19)/t22-,23+;12-;11-/m010/s1. The van der Waals surface area contributed by atoms with Crippen molar-refractivity contribution in [2.75, 3.05) is 39.4 Å². The van der Waals surface area contributed by atoms with Gasteiger partial charge in [0.1, 0.15) is 42.6 Å². The third kappa shape index (κ3) is 21.2. The fraction of sp³-hybridized carbons (Fsp3) is 0.704. The van der Waals surface area contributed by atoms with E-state index in [2.05, 4.69) is 35.9 Å². The highest BCUT2D eigenvalue weighted by molar-refractivity contribution is 5.98. The van der Waals surface area contributed by atoms with Crippen LogP contribution in [0.25, 0.3) is 0 Å². The minimum atomic E-state index is -0.982. The van der Waals surface area contributed by atoms with Crippen LogP contribution in [0.15, 0.2) is 37.2 Å². The first-order valence-electron chi connectivity index (χ1n) is 26.8. The Morgan fingerprint density at radius 2 is 1.01 bits per heavy atom. The lowest BCUT2D eigenvalue weighted by Gasteiger charge is -2.37. The van der Waals surface area contributed by atoms with Gasteiger partial charge in [-0.3, -0.25) is 43.5 Å². The Labute approximate surface area is 442 Å². The molecule has 0 radical (unpaired) electrons. The number of carboxylic acid groups (broad SMARTS) is 1. The molecule has 416 valence electrons. The molecule has 2 aromatic heterocycles. The maximum absolute atomic E-state index is 13.8. The molecule has 4 aliphatic carbocycles. The van der Waals surface area contributed by atoms with E-state index in [1.807, 2.05) is 41.5 Å². The van der Waals surface area contributed by atoms with Gasteiger partial charge in [0.2, 0.25) is 17.7 Å². The number of esters is 2. The summed E-state index contributed by atoms with van der Waals surface area (Å²) in [5, 5.41) is 17.7. The van der Waals surface area contributed by atoms with Gasteiger partial charge in [0, 0.05) is 37.9 Å². The average molecular weight is 1050 g/mol. The maximum Gasteiger partial charge on any atom is 0.326 e. The number of aromatic nitrogens is 4. The van der Waals surface area contributed by atoms with Gasteiger partial charge in [-0.1, -0.05) is 80.1 Å². The number of ether oxygens (including phenoxy) is 2. The number of nitrogens with two attached hydrogens (primary N) is 1. The predicted octanol–water partition coefficient (Wildman–Crippen LogP) is 4.89. The van der Waals surface area contributed by atoms with E-state index in [9.17, 15) is 43.5 Å². The maximum atomic E-state index is 13.8. The second kappa shape index (κ2) is 29.8. The van der Waals surface area contributed by atoms with Crippen LogP contribution in [0.4, 0.5) is 0 Å². The molecule has 6 rings (SSSR count). The largest absolute Gasteiger partial charge is 0.480 e. The van der Waals surface area contributed by atoms with Crippen molar-refractivity contribution in [1.29, 1.82) is 0 Å². The molecule has 2 heterocycles. The average Bonchev–Trinajstić information content (AvgIpc) is 4.34. The van der Waals surface area contributed by atoms with Crippen LogP contribution in [-0.4, -0.2) is 146 Å². The summed E-state index contributed by atoms with van der Waals surface area (Å²) in [5.41, 5.74) is 5.33. The summed E-state index contributed by atoms with van der Waals surface area (Å²) in [4.78, 5) is 119. The van der Waals surface area contributed by atoms with E-state index in [-0.39, 0.29) is 66.1 Å². The summed E-state index contributed by atoms with van der Waals surface area (Å²) in [5.74, 6) is -2.81. The molecule has 0 unspecified atom stereocenters. The number of amides is 5. The summed E-state index contributed by atoms with van der Waals surface area (Å²) in [6.07, 6.45) is 22.3. The van der Waals surface area contributed by atoms with Crippen LogP contribution in [0, 0.1) is 34.5 Å². The van der Waals surface area contributed by atoms with Gasteiger partial charge in [-0.2, -0.15) is 0 Å². The van der Waals surface area contributed by atoms with Crippen LogP contribution < -0.4 is 21.7 Å². The summed E-state index contributed by atoms with van der Waals surface area (Å²) >= 11 is 0. The number of nitrogens with one attached hydrogen (secondary N) is 3. The number of carboxylic acids is 1. The molecule has 4 atom stereocenters. The van der Waals surface area contributed by atoms with Crippen LogP contribution in [0.1, 0.15) is 166 Å². The van der Waals surface area contributed by atoms with Crippen molar-refractivity contribution in [2.24, 2.45) is 40.2 Å². The molecule has 0 aromatic carbocycles. The number of hydrogen-bond acceptors (Lipinski definition) is 15. The normalized spacial score (nSPS) is 17.6. The minimum absolute atomic E-state index is 0.00636. The summed E-state index contributed by atoms with van der Waals surface area (Å²) in [6.45, 7) is 16.4. The van der Waals surface area contributed by atoms with E-state index < -0.39 is 59.2 Å². The van der Waals surface area contributed by atoms with Gasteiger partial charge in [-0.15, -0.1) is 0 Å². The van der Waals surface area contributed by atoms with Gasteiger partial charge < -0.3 is 46.1 Å². The topological polar surface area (TPSA) is 295 Å². The highest BCUT2D eigenvalue weighted by atomic mass is 16.5. The number of aliphatic carboxylic acids is 1. The molecule has 75 heavy (non-hydrogen) atoms. The Morgan fingerprint density at radius 1 is 0.600 bits per heavy atom. The van der Waals surface area contributed by atoms with Crippen LogP contribution in [0.2, 0.25) is 0 Å². The molecule has 6 N–H and O–H groups in total. The lowest BCUT2D eigenvalue weighted by Crippen LogP contribution is -2.60. The Balaban J connectivity index is 0.000000269. The molecule has 5 amide bonds. The van der Waals surface area contributed by atoms with Gasteiger partial charge in [0.05, 0.1) is 31.6 Å². The zero-order chi connectivity index (χ0) is 55.3. The number of carbonyl (C=O) groups excluding carboxylic acids is 7. The van der Waals surface area contributed by atoms with Gasteiger partial charge >= 0.3 is 17.9 Å². The van der Waals surface area contributed by atoms with Crippen molar-refractivity contribution in [3.05, 3.63) is 48.6 Å². The zero-order valence-electron chi connectivity index (χ0n) is 45.5. The highest BCUT2D eigenvalue weighted by Gasteiger charge is 2.42. The molecule has 4 fully saturated rings. The smallest absolute Gasteiger partial charge is 0.326 e. The van der Waals surface area contributed by atoms with Crippen molar-refractivity contribution < 1.29 is 52.9 Å². The lowest BCUT2D eigenvalue weighted by molar-refractivity contribution is -0.151. The summed E-state index contributed by atoms with van der Waals surface area (Å²) in [6, 6.07) is -3.13. The van der Waals surface area contributed by atoms with E-state index in [0.29, 0.717) is 31.5 Å². The van der Waals surface area contributed by atoms with Crippen molar-refractivity contribution in [2.45, 2.75) is 169 Å². The predicted molar refractivity (Wildman–Crippen MR) is 278 cm³/mol. The first-order valence-corrected chi connectivity index (χ1v) is 26.8. The minimum Gasteiger partial charge on any atom is -0.480 e. The van der Waals surface area contributed by atoms with Gasteiger partial charge in [0.25, 0.3) is 11.8 Å². The molecule has 21 nitrogen and oxygen atoms in total. The van der Waals surface area contributed by atoms with E-state index in [1.54, 1.807) is 18.7 Å². The summed E-state index contributed by atoms with van der Waals surface area (Å²) in [7, 11) is 0. The van der Waals surface area contributed by atoms with Crippen LogP contribution in [0.3, 0.4) is 0 Å². The zero-order valence-corrected chi connectivity index (χ0v) is 45.5. The van der Waals surface area contributed by atoms with Crippen molar-refractivity contribution in [1.82, 2.24) is 45.7 Å². The number of rotatable bonds is 21. The SMILES string of the molecule is CCOC(=O)CN(CC1CC1)C(=O)[C@@H](N)C(C)(C)C.CCOC(=O)CN(CC1CC1)C(=O)[C@@H](NC(=O)[C@@H](NC(=O)c1cnccn1)C1CCCCC1)C(C)(C)C.O=C(N[C@H](C(=O)O)C1CCCCC1)c1cnccn1. The van der Waals surface area contributed by atoms with Gasteiger partial charge in [0.15, 0.2) is 0 Å². The third-order valence-electron chi connectivity index (χ3n) is 13.8. The highest BCUT2D eigenvalue weighted by Crippen LogP contribution is 2.33. The van der Waals surface area contributed by atoms with Crippen LogP contribution in [-0.2, 0) is 38.2 Å². The lowest BCUT2D eigenvalue weighted by atomic mass is 9.82. The molecular formula is C54H84N10O11. The Kier molecular flexibility index (Phi) is 24.4. The molecule has 21 heteroatoms. The van der Waals surface area contributed by atoms with Crippen molar-refractivity contribution in [3.8, 4) is 0 Å². The number of nitrogens with zero attached hydrogens (tertiary/aromatic N) is 6. The van der Waals surface area contributed by atoms with E-state index in [0.717, 1.165) is 89.9 Å². The second-order valence-electron chi connectivity index (χ2n) is 22.3. The van der Waals surface area contributed by atoms with Crippen molar-refractivity contribution in [3.63, 3.8) is 0 Å². The van der Waals surface area contributed by atoms with E-state index >= 15 is 0 Å². The molecule has 0 bridgehead atoms. The third-order valence-corrected chi connectivity index (χ3v) is 13.8. The fourth-order valence-corrected chi connectivity index (χ4v) is 9.02. The molecule has 0 saturated heterocycles. The molecule has 2 aromatic rings. The quantitative estimate of drug-likeness (QED) is 0.104. The molecule has 0 aliphatic heterocycles. The molecule has 4 aliphatic rings.